The molecule has 0 fully saturated rings. The van der Waals surface area contributed by atoms with E-state index in [0.717, 1.165) is 15.2 Å². The number of hydrogen-bond acceptors (Lipinski definition) is 5. The van der Waals surface area contributed by atoms with E-state index in [9.17, 15) is 19.5 Å². The molecule has 0 aliphatic carbocycles. The second-order valence-electron chi connectivity index (χ2n) is 5.31. The predicted molar refractivity (Wildman–Crippen MR) is 82.2 cm³/mol. The number of hydrogen-bond donors (Lipinski definition) is 2. The van der Waals surface area contributed by atoms with Gasteiger partial charge in [-0.1, -0.05) is 0 Å². The van der Waals surface area contributed by atoms with Crippen molar-refractivity contribution in [2.45, 2.75) is 6.42 Å². The molecule has 2 heterocycles. The average Bonchev–Trinajstić information content (AvgIpc) is 3.05. The van der Waals surface area contributed by atoms with Crippen LogP contribution in [0.2, 0.25) is 0 Å². The van der Waals surface area contributed by atoms with E-state index in [4.69, 9.17) is 4.42 Å². The molecule has 0 spiro atoms. The molecule has 0 saturated heterocycles. The van der Waals surface area contributed by atoms with Gasteiger partial charge in [0.1, 0.15) is 11.5 Å². The Labute approximate surface area is 132 Å². The quantitative estimate of drug-likeness (QED) is 0.729. The van der Waals surface area contributed by atoms with E-state index in [2.05, 4.69) is 5.32 Å². The lowest BCUT2D eigenvalue weighted by atomic mass is 10.1. The summed E-state index contributed by atoms with van der Waals surface area (Å²) in [6, 6.07) is 4.64. The minimum Gasteiger partial charge on any atom is -0.469 e. The minimum atomic E-state index is -0.572. The van der Waals surface area contributed by atoms with Crippen molar-refractivity contribution < 1.29 is 14.3 Å². The number of aliphatic hydroxyl groups is 1. The van der Waals surface area contributed by atoms with Crippen LogP contribution >= 0.6 is 0 Å². The summed E-state index contributed by atoms with van der Waals surface area (Å²) < 4.78 is 7.24. The molecule has 124 valence electrons. The van der Waals surface area contributed by atoms with Gasteiger partial charge in [0.05, 0.1) is 6.26 Å². The predicted octanol–water partition coefficient (Wildman–Crippen LogP) is -0.742. The highest BCUT2D eigenvalue weighted by molar-refractivity contribution is 5.92. The van der Waals surface area contributed by atoms with Crippen LogP contribution in [0.25, 0.3) is 0 Å². The fraction of sp³-hybridized carbons (Fsp3) is 0.400. The number of aliphatic hydroxyl groups excluding tert-OH is 1. The van der Waals surface area contributed by atoms with Gasteiger partial charge in [-0.2, -0.15) is 0 Å². The summed E-state index contributed by atoms with van der Waals surface area (Å²) in [6.45, 7) is 0.0654. The van der Waals surface area contributed by atoms with Gasteiger partial charge in [-0.25, -0.2) is 4.79 Å². The zero-order valence-corrected chi connectivity index (χ0v) is 13.0. The van der Waals surface area contributed by atoms with Crippen LogP contribution in [0.5, 0.6) is 0 Å². The van der Waals surface area contributed by atoms with Crippen molar-refractivity contribution in [3.05, 3.63) is 56.8 Å². The first kappa shape index (κ1) is 16.8. The second kappa shape index (κ2) is 7.10. The number of amides is 1. The summed E-state index contributed by atoms with van der Waals surface area (Å²) in [5.74, 6) is -0.0619. The monoisotopic (exact) mass is 321 g/mol. The van der Waals surface area contributed by atoms with E-state index in [1.807, 2.05) is 0 Å². The molecule has 23 heavy (non-hydrogen) atoms. The first-order valence-electron chi connectivity index (χ1n) is 7.12. The maximum absolute atomic E-state index is 12.2. The number of aromatic nitrogens is 2. The van der Waals surface area contributed by atoms with Crippen LogP contribution in [0.4, 0.5) is 0 Å². The highest BCUT2D eigenvalue weighted by atomic mass is 16.3. The van der Waals surface area contributed by atoms with Crippen molar-refractivity contribution in [2.24, 2.45) is 20.0 Å². The van der Waals surface area contributed by atoms with Gasteiger partial charge in [0, 0.05) is 45.7 Å². The maximum Gasteiger partial charge on any atom is 0.331 e. The van der Waals surface area contributed by atoms with E-state index in [1.54, 1.807) is 12.1 Å². The number of nitrogens with one attached hydrogen (secondary N) is 1. The summed E-state index contributed by atoms with van der Waals surface area (Å²) in [4.78, 5) is 35.6. The second-order valence-corrected chi connectivity index (χ2v) is 5.31. The Morgan fingerprint density at radius 2 is 2.09 bits per heavy atom. The normalized spacial score (nSPS) is 12.1. The van der Waals surface area contributed by atoms with Crippen LogP contribution in [0.3, 0.4) is 0 Å². The van der Waals surface area contributed by atoms with Gasteiger partial charge in [-0.05, 0) is 12.1 Å². The largest absolute Gasteiger partial charge is 0.469 e. The first-order chi connectivity index (χ1) is 10.9. The van der Waals surface area contributed by atoms with Gasteiger partial charge < -0.3 is 14.8 Å². The zero-order chi connectivity index (χ0) is 17.0. The van der Waals surface area contributed by atoms with Gasteiger partial charge in [-0.3, -0.25) is 18.7 Å². The first-order valence-corrected chi connectivity index (χ1v) is 7.12. The van der Waals surface area contributed by atoms with Gasteiger partial charge in [-0.15, -0.1) is 0 Å². The molecule has 2 aromatic rings. The lowest BCUT2D eigenvalue weighted by molar-refractivity contribution is 0.0928. The van der Waals surface area contributed by atoms with Crippen LogP contribution in [0.15, 0.2) is 38.5 Å². The number of carbonyl (C=O) groups excluding carboxylic acids is 1. The summed E-state index contributed by atoms with van der Waals surface area (Å²) in [6.07, 6.45) is 2.01. The Hall–Kier alpha value is -2.61. The Bertz CT molecular complexity index is 788. The van der Waals surface area contributed by atoms with Crippen LogP contribution in [0.1, 0.15) is 16.2 Å². The fourth-order valence-electron chi connectivity index (χ4n) is 2.19. The molecule has 8 nitrogen and oxygen atoms in total. The van der Waals surface area contributed by atoms with Crippen molar-refractivity contribution in [1.29, 1.82) is 0 Å². The van der Waals surface area contributed by atoms with E-state index in [0.29, 0.717) is 12.2 Å². The van der Waals surface area contributed by atoms with Crippen LogP contribution in [0, 0.1) is 5.92 Å². The topological polar surface area (TPSA) is 106 Å². The zero-order valence-electron chi connectivity index (χ0n) is 13.0. The summed E-state index contributed by atoms with van der Waals surface area (Å²) >= 11 is 0. The molecule has 2 N–H and O–H groups in total. The SMILES string of the molecule is Cn1c(C(=O)NC[C@H](CO)Cc2ccco2)cc(=O)n(C)c1=O. The molecule has 0 bridgehead atoms. The molecular weight excluding hydrogens is 302 g/mol. The third-order valence-electron chi connectivity index (χ3n) is 3.64. The van der Waals surface area contributed by atoms with E-state index >= 15 is 0 Å². The Morgan fingerprint density at radius 1 is 1.35 bits per heavy atom. The van der Waals surface area contributed by atoms with Gasteiger partial charge in [0.2, 0.25) is 0 Å². The van der Waals surface area contributed by atoms with Gasteiger partial charge in [0.15, 0.2) is 0 Å². The van der Waals surface area contributed by atoms with E-state index in [1.165, 1.54) is 20.4 Å². The molecule has 8 heteroatoms. The van der Waals surface area contributed by atoms with Crippen molar-refractivity contribution in [3.8, 4) is 0 Å². The fourth-order valence-corrected chi connectivity index (χ4v) is 2.19. The van der Waals surface area contributed by atoms with E-state index < -0.39 is 17.2 Å². The van der Waals surface area contributed by atoms with Gasteiger partial charge in [0.25, 0.3) is 11.5 Å². The molecular formula is C15H19N3O5. The van der Waals surface area contributed by atoms with Crippen molar-refractivity contribution in [1.82, 2.24) is 14.5 Å². The number of nitrogens with zero attached hydrogens (tertiary/aromatic N) is 2. The Balaban J connectivity index is 2.07. The van der Waals surface area contributed by atoms with Crippen molar-refractivity contribution >= 4 is 5.91 Å². The molecule has 0 saturated carbocycles. The molecule has 1 amide bonds. The highest BCUT2D eigenvalue weighted by Gasteiger charge is 2.16. The third-order valence-corrected chi connectivity index (χ3v) is 3.64. The number of rotatable bonds is 6. The van der Waals surface area contributed by atoms with E-state index in [-0.39, 0.29) is 24.8 Å². The smallest absolute Gasteiger partial charge is 0.331 e. The number of carbonyl (C=O) groups is 1. The summed E-state index contributed by atoms with van der Waals surface area (Å²) in [7, 11) is 2.76. The lowest BCUT2D eigenvalue weighted by Gasteiger charge is -2.15. The molecule has 0 unspecified atom stereocenters. The summed E-state index contributed by atoms with van der Waals surface area (Å²) in [5.41, 5.74) is -1.14. The molecule has 0 aliphatic rings. The summed E-state index contributed by atoms with van der Waals surface area (Å²) in [5, 5.41) is 12.0. The van der Waals surface area contributed by atoms with Crippen molar-refractivity contribution in [3.63, 3.8) is 0 Å². The highest BCUT2D eigenvalue weighted by Crippen LogP contribution is 2.08. The molecule has 1 atom stereocenters. The Morgan fingerprint density at radius 3 is 2.70 bits per heavy atom. The van der Waals surface area contributed by atoms with Crippen LogP contribution in [-0.4, -0.2) is 33.3 Å². The standard InChI is InChI=1S/C15H19N3O5/c1-17-12(7-13(20)18(2)15(17)22)14(21)16-8-10(9-19)6-11-4-3-5-23-11/h3-5,7,10,19H,6,8-9H2,1-2H3,(H,16,21)/t10-/m1/s1. The maximum atomic E-state index is 12.2. The average molecular weight is 321 g/mol. The van der Waals surface area contributed by atoms with Crippen molar-refractivity contribution in [2.75, 3.05) is 13.2 Å². The number of furan rings is 1. The Kier molecular flexibility index (Phi) is 5.17. The molecule has 0 radical (unpaired) electrons. The molecule has 0 aliphatic heterocycles. The third kappa shape index (κ3) is 3.78. The minimum absolute atomic E-state index is 0.0206. The van der Waals surface area contributed by atoms with Gasteiger partial charge >= 0.3 is 5.69 Å². The molecule has 2 rings (SSSR count). The molecule has 2 aromatic heterocycles. The van der Waals surface area contributed by atoms with Crippen LogP contribution in [-0.2, 0) is 20.5 Å². The lowest BCUT2D eigenvalue weighted by Crippen LogP contribution is -2.42. The molecule has 0 aromatic carbocycles. The van der Waals surface area contributed by atoms with Crippen LogP contribution < -0.4 is 16.6 Å².